The molecule has 172 valence electrons. The van der Waals surface area contributed by atoms with E-state index in [0.29, 0.717) is 5.92 Å². The van der Waals surface area contributed by atoms with Gasteiger partial charge >= 0.3 is 0 Å². The van der Waals surface area contributed by atoms with E-state index in [0.717, 1.165) is 47.9 Å². The maximum Gasteiger partial charge on any atom is 0.0968 e. The van der Waals surface area contributed by atoms with Gasteiger partial charge in [0.1, 0.15) is 0 Å². The number of hydrogen-bond donors (Lipinski definition) is 0. The average Bonchev–Trinajstić information content (AvgIpc) is 2.89. The summed E-state index contributed by atoms with van der Waals surface area (Å²) in [5, 5.41) is 6.16. The van der Waals surface area contributed by atoms with Gasteiger partial charge in [-0.15, -0.1) is 0 Å². The van der Waals surface area contributed by atoms with E-state index >= 15 is 0 Å². The molecule has 0 amide bonds. The van der Waals surface area contributed by atoms with Gasteiger partial charge in [0.25, 0.3) is 0 Å². The summed E-state index contributed by atoms with van der Waals surface area (Å²) >= 11 is 0. The van der Waals surface area contributed by atoms with Crippen molar-refractivity contribution in [3.8, 4) is 0 Å². The lowest BCUT2D eigenvalue weighted by atomic mass is 9.91. The highest BCUT2D eigenvalue weighted by atomic mass is 14.8. The molecular weight excluding hydrogens is 426 g/mol. The molecule has 6 aromatic rings. The van der Waals surface area contributed by atoms with Crippen LogP contribution in [-0.2, 0) is 19.3 Å². The second kappa shape index (κ2) is 9.07. The fourth-order valence-corrected chi connectivity index (χ4v) is 5.41. The minimum absolute atomic E-state index is 0.431. The number of fused-ring (bicyclic) bond motifs is 6. The van der Waals surface area contributed by atoms with Crippen LogP contribution in [0.3, 0.4) is 0 Å². The minimum atomic E-state index is 0.431. The van der Waals surface area contributed by atoms with E-state index in [1.807, 2.05) is 12.3 Å². The summed E-state index contributed by atoms with van der Waals surface area (Å²) in [7, 11) is 0. The smallest absolute Gasteiger partial charge is 0.0968 e. The van der Waals surface area contributed by atoms with Crippen molar-refractivity contribution in [3.63, 3.8) is 0 Å². The molecule has 0 N–H and O–H groups in total. The van der Waals surface area contributed by atoms with Crippen molar-refractivity contribution in [2.75, 3.05) is 0 Å². The maximum absolute atomic E-state index is 5.10. The van der Waals surface area contributed by atoms with Crippen LogP contribution in [-0.4, -0.2) is 15.0 Å². The third-order valence-corrected chi connectivity index (χ3v) is 7.00. The number of nitrogens with zero attached hydrogens (tertiary/aromatic N) is 3. The lowest BCUT2D eigenvalue weighted by Gasteiger charge is -2.16. The molecule has 0 aliphatic carbocycles. The number of para-hydroxylation sites is 1. The van der Waals surface area contributed by atoms with E-state index < -0.39 is 0 Å². The summed E-state index contributed by atoms with van der Waals surface area (Å²) in [6, 6.07) is 28.1. The standard InChI is InChI=1S/C32H29N3/c1-3-9-24-16-15-22-20-23(25-13-8-17-33-32(25)31(22)34-24)18-21(2)19-30-28-12-5-4-10-26(28)27-11-6-7-14-29(27)35-30/h4-8,10-17,20-21H,3,9,18-19H2,1-2H3. The van der Waals surface area contributed by atoms with Crippen LogP contribution in [0.5, 0.6) is 0 Å². The first-order chi connectivity index (χ1) is 17.2. The third-order valence-electron chi connectivity index (χ3n) is 7.00. The van der Waals surface area contributed by atoms with Crippen molar-refractivity contribution in [1.29, 1.82) is 0 Å². The zero-order valence-electron chi connectivity index (χ0n) is 20.3. The van der Waals surface area contributed by atoms with Crippen LogP contribution < -0.4 is 0 Å². The zero-order valence-corrected chi connectivity index (χ0v) is 20.3. The van der Waals surface area contributed by atoms with Gasteiger partial charge in [-0.05, 0) is 60.4 Å². The Morgan fingerprint density at radius 1 is 0.714 bits per heavy atom. The normalized spacial score (nSPS) is 12.6. The second-order valence-corrected chi connectivity index (χ2v) is 9.69. The van der Waals surface area contributed by atoms with Gasteiger partial charge in [0.2, 0.25) is 0 Å². The van der Waals surface area contributed by atoms with Gasteiger partial charge < -0.3 is 0 Å². The first-order valence-electron chi connectivity index (χ1n) is 12.6. The molecule has 3 heteroatoms. The molecule has 3 aromatic heterocycles. The van der Waals surface area contributed by atoms with Gasteiger partial charge in [0.05, 0.1) is 16.6 Å². The molecule has 0 radical (unpaired) electrons. The minimum Gasteiger partial charge on any atom is -0.254 e. The molecule has 0 bridgehead atoms. The summed E-state index contributed by atoms with van der Waals surface area (Å²) in [5.74, 6) is 0.431. The van der Waals surface area contributed by atoms with Crippen molar-refractivity contribution in [1.82, 2.24) is 15.0 Å². The molecule has 0 saturated heterocycles. The lowest BCUT2D eigenvalue weighted by Crippen LogP contribution is -2.07. The summed E-state index contributed by atoms with van der Waals surface area (Å²) < 4.78 is 0. The molecule has 0 aliphatic heterocycles. The third kappa shape index (κ3) is 4.01. The number of aryl methyl sites for hydroxylation is 1. The van der Waals surface area contributed by atoms with Crippen molar-refractivity contribution in [2.45, 2.75) is 39.5 Å². The van der Waals surface area contributed by atoms with Crippen molar-refractivity contribution >= 4 is 43.5 Å². The zero-order chi connectivity index (χ0) is 23.8. The van der Waals surface area contributed by atoms with Crippen LogP contribution in [0.25, 0.3) is 43.5 Å². The van der Waals surface area contributed by atoms with Gasteiger partial charge in [0, 0.05) is 39.1 Å². The highest BCUT2D eigenvalue weighted by molar-refractivity contribution is 6.07. The van der Waals surface area contributed by atoms with E-state index in [1.165, 1.54) is 38.2 Å². The molecule has 3 heterocycles. The summed E-state index contributed by atoms with van der Waals surface area (Å²) in [5.41, 5.74) is 6.76. The van der Waals surface area contributed by atoms with Crippen LogP contribution in [0.2, 0.25) is 0 Å². The SMILES string of the molecule is CCCc1ccc2cc(CC(C)Cc3nc4ccccc4c4ccccc34)c3cccnc3c2n1. The van der Waals surface area contributed by atoms with Crippen LogP contribution in [0.4, 0.5) is 0 Å². The number of benzene rings is 3. The van der Waals surface area contributed by atoms with Gasteiger partial charge in [-0.2, -0.15) is 0 Å². The number of aromatic nitrogens is 3. The Morgan fingerprint density at radius 3 is 2.34 bits per heavy atom. The Balaban J connectivity index is 1.39. The molecule has 6 rings (SSSR count). The Labute approximate surface area is 205 Å². The van der Waals surface area contributed by atoms with Crippen LogP contribution in [0.15, 0.2) is 85.1 Å². The van der Waals surface area contributed by atoms with E-state index in [4.69, 9.17) is 15.0 Å². The molecule has 1 unspecified atom stereocenters. The largest absolute Gasteiger partial charge is 0.254 e. The molecule has 35 heavy (non-hydrogen) atoms. The van der Waals surface area contributed by atoms with E-state index in [9.17, 15) is 0 Å². The molecular formula is C32H29N3. The van der Waals surface area contributed by atoms with Crippen LogP contribution >= 0.6 is 0 Å². The van der Waals surface area contributed by atoms with Crippen molar-refractivity contribution in [3.05, 3.63) is 102 Å². The predicted octanol–water partition coefficient (Wildman–Crippen LogP) is 7.86. The Bertz CT molecular complexity index is 1690. The first kappa shape index (κ1) is 21.7. The Hall–Kier alpha value is -3.85. The van der Waals surface area contributed by atoms with Gasteiger partial charge in [-0.25, -0.2) is 0 Å². The Morgan fingerprint density at radius 2 is 1.49 bits per heavy atom. The quantitative estimate of drug-likeness (QED) is 0.240. The molecule has 0 aliphatic rings. The van der Waals surface area contributed by atoms with Crippen molar-refractivity contribution in [2.24, 2.45) is 5.92 Å². The average molecular weight is 456 g/mol. The number of pyridine rings is 3. The fraction of sp³-hybridized carbons (Fsp3) is 0.219. The predicted molar refractivity (Wildman–Crippen MR) is 147 cm³/mol. The topological polar surface area (TPSA) is 38.7 Å². The van der Waals surface area contributed by atoms with Crippen LogP contribution in [0.1, 0.15) is 37.2 Å². The molecule has 1 atom stereocenters. The second-order valence-electron chi connectivity index (χ2n) is 9.69. The van der Waals surface area contributed by atoms with E-state index in [1.54, 1.807) is 0 Å². The molecule has 3 nitrogen and oxygen atoms in total. The highest BCUT2D eigenvalue weighted by Crippen LogP contribution is 2.31. The summed E-state index contributed by atoms with van der Waals surface area (Å²) in [6.45, 7) is 4.53. The van der Waals surface area contributed by atoms with E-state index in [2.05, 4.69) is 86.6 Å². The molecule has 0 saturated carbocycles. The van der Waals surface area contributed by atoms with Gasteiger partial charge in [0.15, 0.2) is 0 Å². The Kier molecular flexibility index (Phi) is 5.61. The van der Waals surface area contributed by atoms with Gasteiger partial charge in [-0.1, -0.05) is 74.9 Å². The van der Waals surface area contributed by atoms with E-state index in [-0.39, 0.29) is 0 Å². The maximum atomic E-state index is 5.10. The van der Waals surface area contributed by atoms with Gasteiger partial charge in [-0.3, -0.25) is 15.0 Å². The first-order valence-corrected chi connectivity index (χ1v) is 12.6. The summed E-state index contributed by atoms with van der Waals surface area (Å²) in [4.78, 5) is 14.8. The molecule has 0 spiro atoms. The number of hydrogen-bond acceptors (Lipinski definition) is 3. The molecule has 0 fully saturated rings. The van der Waals surface area contributed by atoms with Crippen LogP contribution in [0, 0.1) is 5.92 Å². The monoisotopic (exact) mass is 455 g/mol. The molecule has 3 aromatic carbocycles. The van der Waals surface area contributed by atoms with Crippen molar-refractivity contribution < 1.29 is 0 Å². The summed E-state index contributed by atoms with van der Waals surface area (Å²) in [6.07, 6.45) is 5.87. The lowest BCUT2D eigenvalue weighted by molar-refractivity contribution is 0.575. The fourth-order valence-electron chi connectivity index (χ4n) is 5.41. The highest BCUT2D eigenvalue weighted by Gasteiger charge is 2.15. The number of rotatable bonds is 6.